The van der Waals surface area contributed by atoms with Crippen molar-refractivity contribution < 1.29 is 9.53 Å². The number of H-pyrrole nitrogens is 1. The SMILES string of the molecule is CC(=O)OC[C@@H](C)c1cn2c3nc[nH]c3c(=O)n(C)c2n1. The van der Waals surface area contributed by atoms with E-state index in [1.807, 2.05) is 13.1 Å². The summed E-state index contributed by atoms with van der Waals surface area (Å²) in [4.78, 5) is 34.5. The second-order valence-electron chi connectivity index (χ2n) is 5.00. The van der Waals surface area contributed by atoms with E-state index < -0.39 is 0 Å². The van der Waals surface area contributed by atoms with Crippen molar-refractivity contribution >= 4 is 22.9 Å². The molecular formula is C13H15N5O3. The zero-order chi connectivity index (χ0) is 15.1. The number of esters is 1. The third kappa shape index (κ3) is 2.08. The van der Waals surface area contributed by atoms with Crippen molar-refractivity contribution in [3.05, 3.63) is 28.6 Å². The fraction of sp³-hybridized carbons (Fsp3) is 0.385. The molecule has 0 fully saturated rings. The number of rotatable bonds is 3. The molecule has 3 rings (SSSR count). The molecule has 0 radical (unpaired) electrons. The van der Waals surface area contributed by atoms with Gasteiger partial charge in [0, 0.05) is 26.1 Å². The molecular weight excluding hydrogens is 274 g/mol. The maximum Gasteiger partial charge on any atom is 0.302 e. The van der Waals surface area contributed by atoms with Gasteiger partial charge in [0.15, 0.2) is 5.65 Å². The molecule has 0 aliphatic rings. The quantitative estimate of drug-likeness (QED) is 0.712. The number of nitrogens with one attached hydrogen (secondary N) is 1. The van der Waals surface area contributed by atoms with E-state index in [9.17, 15) is 9.59 Å². The van der Waals surface area contributed by atoms with Crippen molar-refractivity contribution in [1.29, 1.82) is 0 Å². The first-order valence-corrected chi connectivity index (χ1v) is 6.53. The van der Waals surface area contributed by atoms with Gasteiger partial charge in [-0.25, -0.2) is 9.97 Å². The summed E-state index contributed by atoms with van der Waals surface area (Å²) in [6.07, 6.45) is 3.29. The van der Waals surface area contributed by atoms with Gasteiger partial charge in [0.25, 0.3) is 5.56 Å². The first kappa shape index (κ1) is 13.3. The zero-order valence-corrected chi connectivity index (χ0v) is 12.0. The molecule has 0 saturated carbocycles. The van der Waals surface area contributed by atoms with E-state index in [1.165, 1.54) is 17.8 Å². The summed E-state index contributed by atoms with van der Waals surface area (Å²) in [5.74, 6) is 0.106. The standard InChI is InChI=1S/C13H15N5O3/c1-7(5-21-8(2)19)9-4-18-11-10(14-6-15-11)12(20)17(3)13(18)16-9/h4,6-7H,5H2,1-3H3,(H,14,15)/t7-/m1/s1. The van der Waals surface area contributed by atoms with Crippen LogP contribution in [0.15, 0.2) is 17.3 Å². The molecule has 3 heterocycles. The maximum absolute atomic E-state index is 12.2. The number of ether oxygens (including phenoxy) is 1. The first-order chi connectivity index (χ1) is 9.99. The lowest BCUT2D eigenvalue weighted by molar-refractivity contribution is -0.141. The molecule has 3 aromatic rings. The Morgan fingerprint density at radius 3 is 3.00 bits per heavy atom. The van der Waals surface area contributed by atoms with Gasteiger partial charge in [0.05, 0.1) is 18.6 Å². The summed E-state index contributed by atoms with van der Waals surface area (Å²) in [6, 6.07) is 0. The van der Waals surface area contributed by atoms with Crippen molar-refractivity contribution in [1.82, 2.24) is 23.9 Å². The van der Waals surface area contributed by atoms with E-state index in [2.05, 4.69) is 15.0 Å². The fourth-order valence-corrected chi connectivity index (χ4v) is 2.23. The summed E-state index contributed by atoms with van der Waals surface area (Å²) in [7, 11) is 1.66. The fourth-order valence-electron chi connectivity index (χ4n) is 2.23. The molecule has 0 bridgehead atoms. The Bertz CT molecular complexity index is 888. The van der Waals surface area contributed by atoms with Gasteiger partial charge in [-0.15, -0.1) is 0 Å². The van der Waals surface area contributed by atoms with Crippen LogP contribution >= 0.6 is 0 Å². The van der Waals surface area contributed by atoms with Crippen LogP contribution in [0, 0.1) is 0 Å². The minimum atomic E-state index is -0.326. The second-order valence-corrected chi connectivity index (χ2v) is 5.00. The predicted octanol–water partition coefficient (Wildman–Crippen LogP) is 0.576. The highest BCUT2D eigenvalue weighted by Crippen LogP contribution is 2.17. The molecule has 3 aromatic heterocycles. The Morgan fingerprint density at radius 2 is 2.29 bits per heavy atom. The van der Waals surface area contributed by atoms with E-state index in [1.54, 1.807) is 11.4 Å². The van der Waals surface area contributed by atoms with Crippen molar-refractivity contribution in [3.8, 4) is 0 Å². The van der Waals surface area contributed by atoms with Crippen molar-refractivity contribution in [3.63, 3.8) is 0 Å². The molecule has 8 heteroatoms. The van der Waals surface area contributed by atoms with Crippen LogP contribution in [-0.4, -0.2) is 36.5 Å². The Labute approximate surface area is 119 Å². The summed E-state index contributed by atoms with van der Waals surface area (Å²) >= 11 is 0. The zero-order valence-electron chi connectivity index (χ0n) is 12.0. The van der Waals surface area contributed by atoms with Crippen LogP contribution in [-0.2, 0) is 16.6 Å². The van der Waals surface area contributed by atoms with Gasteiger partial charge >= 0.3 is 5.97 Å². The lowest BCUT2D eigenvalue weighted by atomic mass is 10.1. The molecule has 0 aromatic carbocycles. The minimum Gasteiger partial charge on any atom is -0.465 e. The third-order valence-electron chi connectivity index (χ3n) is 3.41. The van der Waals surface area contributed by atoms with Gasteiger partial charge in [0.1, 0.15) is 5.52 Å². The molecule has 0 spiro atoms. The van der Waals surface area contributed by atoms with E-state index in [0.717, 1.165) is 5.69 Å². The molecule has 1 atom stereocenters. The predicted molar refractivity (Wildman–Crippen MR) is 75.1 cm³/mol. The molecule has 0 aliphatic carbocycles. The number of aromatic amines is 1. The van der Waals surface area contributed by atoms with Gasteiger partial charge in [-0.1, -0.05) is 6.92 Å². The highest BCUT2D eigenvalue weighted by atomic mass is 16.5. The first-order valence-electron chi connectivity index (χ1n) is 6.53. The largest absolute Gasteiger partial charge is 0.465 e. The van der Waals surface area contributed by atoms with Gasteiger partial charge in [0.2, 0.25) is 5.78 Å². The van der Waals surface area contributed by atoms with Crippen LogP contribution in [0.3, 0.4) is 0 Å². The van der Waals surface area contributed by atoms with Crippen LogP contribution in [0.1, 0.15) is 25.5 Å². The number of hydrogen-bond donors (Lipinski definition) is 1. The third-order valence-corrected chi connectivity index (χ3v) is 3.41. The van der Waals surface area contributed by atoms with Gasteiger partial charge in [-0.3, -0.25) is 18.6 Å². The van der Waals surface area contributed by atoms with Gasteiger partial charge < -0.3 is 9.72 Å². The molecule has 0 unspecified atom stereocenters. The Kier molecular flexibility index (Phi) is 3.00. The number of nitrogens with zero attached hydrogens (tertiary/aromatic N) is 4. The Morgan fingerprint density at radius 1 is 1.52 bits per heavy atom. The van der Waals surface area contributed by atoms with E-state index in [4.69, 9.17) is 4.74 Å². The number of fused-ring (bicyclic) bond motifs is 3. The Hall–Kier alpha value is -2.64. The van der Waals surface area contributed by atoms with E-state index >= 15 is 0 Å². The molecule has 0 amide bonds. The van der Waals surface area contributed by atoms with Crippen LogP contribution in [0.4, 0.5) is 0 Å². The number of hydrogen-bond acceptors (Lipinski definition) is 5. The van der Waals surface area contributed by atoms with Crippen LogP contribution < -0.4 is 5.56 Å². The van der Waals surface area contributed by atoms with Crippen molar-refractivity contribution in [2.75, 3.05) is 6.61 Å². The lowest BCUT2D eigenvalue weighted by Crippen LogP contribution is -2.19. The minimum absolute atomic E-state index is 0.0714. The summed E-state index contributed by atoms with van der Waals surface area (Å²) in [5, 5.41) is 0. The van der Waals surface area contributed by atoms with Gasteiger partial charge in [-0.05, 0) is 0 Å². The van der Waals surface area contributed by atoms with Crippen molar-refractivity contribution in [2.45, 2.75) is 19.8 Å². The summed E-state index contributed by atoms with van der Waals surface area (Å²) < 4.78 is 8.22. The number of aromatic nitrogens is 5. The normalized spacial score (nSPS) is 12.9. The summed E-state index contributed by atoms with van der Waals surface area (Å²) in [5.41, 5.74) is 1.52. The number of carbonyl (C=O) groups excluding carboxylic acids is 1. The van der Waals surface area contributed by atoms with E-state index in [0.29, 0.717) is 16.9 Å². The Balaban J connectivity index is 2.13. The van der Waals surface area contributed by atoms with Crippen LogP contribution in [0.25, 0.3) is 16.9 Å². The van der Waals surface area contributed by atoms with E-state index in [-0.39, 0.29) is 24.1 Å². The molecule has 21 heavy (non-hydrogen) atoms. The lowest BCUT2D eigenvalue weighted by Gasteiger charge is -2.07. The highest BCUT2D eigenvalue weighted by Gasteiger charge is 2.17. The van der Waals surface area contributed by atoms with Crippen LogP contribution in [0.5, 0.6) is 0 Å². The highest BCUT2D eigenvalue weighted by molar-refractivity contribution is 5.72. The topological polar surface area (TPSA) is 94.3 Å². The number of imidazole rings is 2. The molecule has 110 valence electrons. The average Bonchev–Trinajstić information content (AvgIpc) is 3.07. The molecule has 1 N–H and O–H groups in total. The maximum atomic E-state index is 12.2. The average molecular weight is 289 g/mol. The second kappa shape index (κ2) is 4.72. The number of carbonyl (C=O) groups is 1. The smallest absolute Gasteiger partial charge is 0.302 e. The van der Waals surface area contributed by atoms with Gasteiger partial charge in [-0.2, -0.15) is 0 Å². The van der Waals surface area contributed by atoms with Crippen LogP contribution in [0.2, 0.25) is 0 Å². The molecule has 8 nitrogen and oxygen atoms in total. The summed E-state index contributed by atoms with van der Waals surface area (Å²) in [6.45, 7) is 3.52. The van der Waals surface area contributed by atoms with Crippen molar-refractivity contribution in [2.24, 2.45) is 7.05 Å². The monoisotopic (exact) mass is 289 g/mol. The number of aryl methyl sites for hydroxylation is 1. The molecule has 0 saturated heterocycles. The molecule has 0 aliphatic heterocycles.